The maximum absolute atomic E-state index is 11.7. The van der Waals surface area contributed by atoms with Crippen molar-refractivity contribution in [3.05, 3.63) is 29.6 Å². The summed E-state index contributed by atoms with van der Waals surface area (Å²) in [6.07, 6.45) is 0. The third kappa shape index (κ3) is 3.86. The molecule has 0 aliphatic carbocycles. The largest absolute Gasteiger partial charge is 0.461 e. The maximum atomic E-state index is 11.7. The number of rotatable bonds is 4. The van der Waals surface area contributed by atoms with Crippen LogP contribution in [-0.4, -0.2) is 29.5 Å². The van der Waals surface area contributed by atoms with Crippen molar-refractivity contribution in [2.75, 3.05) is 6.61 Å². The van der Waals surface area contributed by atoms with Crippen LogP contribution in [-0.2, 0) is 4.74 Å². The van der Waals surface area contributed by atoms with Gasteiger partial charge in [-0.25, -0.2) is 9.78 Å². The van der Waals surface area contributed by atoms with Gasteiger partial charge in [-0.05, 0) is 32.9 Å². The van der Waals surface area contributed by atoms with E-state index >= 15 is 0 Å². The van der Waals surface area contributed by atoms with Crippen LogP contribution < -0.4 is 5.32 Å². The topological polar surface area (TPSA) is 68.3 Å². The van der Waals surface area contributed by atoms with Crippen molar-refractivity contribution in [2.24, 2.45) is 0 Å². The second kappa shape index (κ2) is 5.98. The summed E-state index contributed by atoms with van der Waals surface area (Å²) in [5.74, 6) is -0.821. The van der Waals surface area contributed by atoms with Crippen LogP contribution in [0, 0.1) is 0 Å². The summed E-state index contributed by atoms with van der Waals surface area (Å²) in [6, 6.07) is 4.70. The summed E-state index contributed by atoms with van der Waals surface area (Å²) in [6.45, 7) is 5.70. The van der Waals surface area contributed by atoms with Crippen molar-refractivity contribution in [1.29, 1.82) is 0 Å². The quantitative estimate of drug-likeness (QED) is 0.802. The molecule has 0 radical (unpaired) electrons. The molecule has 1 rings (SSSR count). The number of hydrogen-bond donors (Lipinski definition) is 1. The predicted octanol–water partition coefficient (Wildman–Crippen LogP) is 1.40. The first-order chi connectivity index (χ1) is 8.04. The van der Waals surface area contributed by atoms with Crippen LogP contribution >= 0.6 is 0 Å². The lowest BCUT2D eigenvalue weighted by molar-refractivity contribution is 0.0519. The van der Waals surface area contributed by atoms with Gasteiger partial charge in [0.15, 0.2) is 0 Å². The molecule has 0 aromatic carbocycles. The van der Waals surface area contributed by atoms with Gasteiger partial charge in [0.1, 0.15) is 11.4 Å². The predicted molar refractivity (Wildman–Crippen MR) is 62.8 cm³/mol. The first-order valence-electron chi connectivity index (χ1n) is 5.49. The molecule has 0 unspecified atom stereocenters. The fraction of sp³-hybridized carbons (Fsp3) is 0.417. The Bertz CT molecular complexity index is 416. The lowest BCUT2D eigenvalue weighted by atomic mass is 10.2. The Morgan fingerprint density at radius 3 is 2.59 bits per heavy atom. The van der Waals surface area contributed by atoms with E-state index < -0.39 is 5.97 Å². The fourth-order valence-corrected chi connectivity index (χ4v) is 1.22. The summed E-state index contributed by atoms with van der Waals surface area (Å²) in [4.78, 5) is 27.0. The van der Waals surface area contributed by atoms with Crippen molar-refractivity contribution in [2.45, 2.75) is 26.8 Å². The molecule has 1 aromatic rings. The van der Waals surface area contributed by atoms with Crippen molar-refractivity contribution in [3.63, 3.8) is 0 Å². The molecule has 0 saturated heterocycles. The average Bonchev–Trinajstić information content (AvgIpc) is 2.28. The molecule has 1 heterocycles. The van der Waals surface area contributed by atoms with E-state index in [2.05, 4.69) is 10.3 Å². The van der Waals surface area contributed by atoms with Crippen molar-refractivity contribution < 1.29 is 14.3 Å². The molecule has 0 fully saturated rings. The number of nitrogens with one attached hydrogen (secondary N) is 1. The average molecular weight is 236 g/mol. The minimum Gasteiger partial charge on any atom is -0.461 e. The molecular formula is C12H16N2O3. The molecule has 92 valence electrons. The molecule has 0 saturated carbocycles. The maximum Gasteiger partial charge on any atom is 0.356 e. The van der Waals surface area contributed by atoms with Gasteiger partial charge in [-0.1, -0.05) is 6.07 Å². The van der Waals surface area contributed by atoms with Crippen molar-refractivity contribution in [1.82, 2.24) is 10.3 Å². The van der Waals surface area contributed by atoms with Gasteiger partial charge in [-0.15, -0.1) is 0 Å². The second-order valence-electron chi connectivity index (χ2n) is 3.76. The highest BCUT2D eigenvalue weighted by molar-refractivity contribution is 5.94. The van der Waals surface area contributed by atoms with Crippen LogP contribution in [0.1, 0.15) is 41.7 Å². The van der Waals surface area contributed by atoms with E-state index in [9.17, 15) is 9.59 Å². The summed E-state index contributed by atoms with van der Waals surface area (Å²) in [7, 11) is 0. The van der Waals surface area contributed by atoms with E-state index in [0.29, 0.717) is 0 Å². The Morgan fingerprint density at radius 2 is 2.00 bits per heavy atom. The minimum atomic E-state index is -0.522. The Labute approximate surface area is 100 Å². The van der Waals surface area contributed by atoms with E-state index in [0.717, 1.165) is 0 Å². The Kier molecular flexibility index (Phi) is 4.63. The van der Waals surface area contributed by atoms with Crippen LogP contribution in [0.15, 0.2) is 18.2 Å². The zero-order chi connectivity index (χ0) is 12.8. The van der Waals surface area contributed by atoms with E-state index in [-0.39, 0.29) is 29.9 Å². The van der Waals surface area contributed by atoms with Gasteiger partial charge in [0.05, 0.1) is 6.61 Å². The number of carbonyl (C=O) groups is 2. The zero-order valence-electron chi connectivity index (χ0n) is 10.2. The standard InChI is InChI=1S/C12H16N2O3/c1-4-17-12(16)10-7-5-6-9(14-10)11(15)13-8(2)3/h5-8H,4H2,1-3H3,(H,13,15). The SMILES string of the molecule is CCOC(=O)c1cccc(C(=O)NC(C)C)n1. The van der Waals surface area contributed by atoms with Crippen LogP contribution in [0.5, 0.6) is 0 Å². The lowest BCUT2D eigenvalue weighted by Crippen LogP contribution is -2.31. The van der Waals surface area contributed by atoms with Gasteiger partial charge in [0.25, 0.3) is 5.91 Å². The number of hydrogen-bond acceptors (Lipinski definition) is 4. The number of amides is 1. The number of esters is 1. The Balaban J connectivity index is 2.85. The number of aromatic nitrogens is 1. The van der Waals surface area contributed by atoms with Gasteiger partial charge < -0.3 is 10.1 Å². The van der Waals surface area contributed by atoms with Crippen LogP contribution in [0.4, 0.5) is 0 Å². The first kappa shape index (κ1) is 13.2. The number of ether oxygens (including phenoxy) is 1. The molecule has 0 aliphatic rings. The molecule has 0 bridgehead atoms. The van der Waals surface area contributed by atoms with E-state index in [1.165, 1.54) is 6.07 Å². The van der Waals surface area contributed by atoms with Crippen molar-refractivity contribution in [3.8, 4) is 0 Å². The highest BCUT2D eigenvalue weighted by Crippen LogP contribution is 2.02. The number of carbonyl (C=O) groups excluding carboxylic acids is 2. The van der Waals surface area contributed by atoms with Gasteiger partial charge >= 0.3 is 5.97 Å². The monoisotopic (exact) mass is 236 g/mol. The molecule has 0 aliphatic heterocycles. The normalized spacial score (nSPS) is 10.1. The summed E-state index contributed by atoms with van der Waals surface area (Å²) < 4.78 is 4.81. The highest BCUT2D eigenvalue weighted by atomic mass is 16.5. The summed E-state index contributed by atoms with van der Waals surface area (Å²) >= 11 is 0. The van der Waals surface area contributed by atoms with E-state index in [4.69, 9.17) is 4.74 Å². The Morgan fingerprint density at radius 1 is 1.35 bits per heavy atom. The minimum absolute atomic E-state index is 0.0237. The molecule has 1 N–H and O–H groups in total. The molecule has 1 amide bonds. The third-order valence-electron chi connectivity index (χ3n) is 1.89. The first-order valence-corrected chi connectivity index (χ1v) is 5.49. The van der Waals surface area contributed by atoms with Crippen LogP contribution in [0.3, 0.4) is 0 Å². The molecule has 1 aromatic heterocycles. The second-order valence-corrected chi connectivity index (χ2v) is 3.76. The lowest BCUT2D eigenvalue weighted by Gasteiger charge is -2.08. The molecule has 0 atom stereocenters. The fourth-order valence-electron chi connectivity index (χ4n) is 1.22. The molecular weight excluding hydrogens is 220 g/mol. The Hall–Kier alpha value is -1.91. The highest BCUT2D eigenvalue weighted by Gasteiger charge is 2.13. The van der Waals surface area contributed by atoms with Gasteiger partial charge in [-0.3, -0.25) is 4.79 Å². The van der Waals surface area contributed by atoms with E-state index in [1.54, 1.807) is 19.1 Å². The van der Waals surface area contributed by atoms with Gasteiger partial charge in [0, 0.05) is 6.04 Å². The van der Waals surface area contributed by atoms with Crippen LogP contribution in [0.2, 0.25) is 0 Å². The third-order valence-corrected chi connectivity index (χ3v) is 1.89. The van der Waals surface area contributed by atoms with Gasteiger partial charge in [0.2, 0.25) is 0 Å². The summed E-state index contributed by atoms with van der Waals surface area (Å²) in [5.41, 5.74) is 0.354. The number of nitrogens with zero attached hydrogens (tertiary/aromatic N) is 1. The smallest absolute Gasteiger partial charge is 0.356 e. The number of pyridine rings is 1. The molecule has 5 nitrogen and oxygen atoms in total. The van der Waals surface area contributed by atoms with Crippen molar-refractivity contribution >= 4 is 11.9 Å². The van der Waals surface area contributed by atoms with Crippen LogP contribution in [0.25, 0.3) is 0 Å². The van der Waals surface area contributed by atoms with Gasteiger partial charge in [-0.2, -0.15) is 0 Å². The van der Waals surface area contributed by atoms with E-state index in [1.807, 2.05) is 13.8 Å². The molecule has 17 heavy (non-hydrogen) atoms. The summed E-state index contributed by atoms with van der Waals surface area (Å²) in [5, 5.41) is 2.70. The zero-order valence-corrected chi connectivity index (χ0v) is 10.2. The molecule has 0 spiro atoms. The molecule has 5 heteroatoms.